The van der Waals surface area contributed by atoms with E-state index in [-0.39, 0.29) is 23.7 Å². The quantitative estimate of drug-likeness (QED) is 0.691. The van der Waals surface area contributed by atoms with Crippen molar-refractivity contribution < 1.29 is 18.1 Å². The molecule has 112 valence electrons. The standard InChI is InChI=1S/C13H12F3N3O2/c1-8(9-3-2-4-10(6-9)19(20)21)5-12-11(7-17-18-12)13(14,15)16/h2-4,6-8H,5H2,1H3,(H,17,18)/t8-/m1/s1. The number of H-pyrrole nitrogens is 1. The highest BCUT2D eigenvalue weighted by Gasteiger charge is 2.35. The molecule has 0 spiro atoms. The zero-order valence-electron chi connectivity index (χ0n) is 11.0. The van der Waals surface area contributed by atoms with E-state index in [9.17, 15) is 23.3 Å². The minimum atomic E-state index is -4.47. The van der Waals surface area contributed by atoms with E-state index in [0.29, 0.717) is 5.56 Å². The highest BCUT2D eigenvalue weighted by molar-refractivity contribution is 5.36. The third-order valence-electron chi connectivity index (χ3n) is 3.17. The van der Waals surface area contributed by atoms with Crippen LogP contribution >= 0.6 is 0 Å². The van der Waals surface area contributed by atoms with E-state index >= 15 is 0 Å². The highest BCUT2D eigenvalue weighted by atomic mass is 19.4. The van der Waals surface area contributed by atoms with E-state index in [4.69, 9.17) is 0 Å². The fourth-order valence-corrected chi connectivity index (χ4v) is 2.07. The largest absolute Gasteiger partial charge is 0.419 e. The summed E-state index contributed by atoms with van der Waals surface area (Å²) in [6.07, 6.45) is -3.61. The molecular formula is C13H12F3N3O2. The number of benzene rings is 1. The monoisotopic (exact) mass is 299 g/mol. The second-order valence-corrected chi connectivity index (χ2v) is 4.70. The molecule has 0 aliphatic carbocycles. The summed E-state index contributed by atoms with van der Waals surface area (Å²) in [5, 5.41) is 16.6. The molecule has 1 aromatic carbocycles. The van der Waals surface area contributed by atoms with E-state index in [0.717, 1.165) is 6.20 Å². The lowest BCUT2D eigenvalue weighted by Crippen LogP contribution is -2.09. The first kappa shape index (κ1) is 15.0. The van der Waals surface area contributed by atoms with Crippen molar-refractivity contribution in [1.29, 1.82) is 0 Å². The summed E-state index contributed by atoms with van der Waals surface area (Å²) in [5.74, 6) is -0.325. The van der Waals surface area contributed by atoms with E-state index in [1.807, 2.05) is 0 Å². The van der Waals surface area contributed by atoms with Gasteiger partial charge in [-0.2, -0.15) is 18.3 Å². The summed E-state index contributed by atoms with van der Waals surface area (Å²) in [6.45, 7) is 1.70. The molecule has 0 bridgehead atoms. The first-order chi connectivity index (χ1) is 9.79. The number of alkyl halides is 3. The number of aromatic nitrogens is 2. The minimum absolute atomic E-state index is 0.0412. The van der Waals surface area contributed by atoms with Crippen molar-refractivity contribution in [3.05, 3.63) is 57.4 Å². The number of nitrogens with one attached hydrogen (secondary N) is 1. The lowest BCUT2D eigenvalue weighted by Gasteiger charge is -2.12. The van der Waals surface area contributed by atoms with Crippen LogP contribution < -0.4 is 0 Å². The van der Waals surface area contributed by atoms with Gasteiger partial charge in [-0.3, -0.25) is 15.2 Å². The second-order valence-electron chi connectivity index (χ2n) is 4.70. The van der Waals surface area contributed by atoms with Gasteiger partial charge in [-0.25, -0.2) is 0 Å². The van der Waals surface area contributed by atoms with E-state index in [1.165, 1.54) is 18.2 Å². The number of nitro benzene ring substituents is 1. The van der Waals surface area contributed by atoms with E-state index < -0.39 is 16.7 Å². The van der Waals surface area contributed by atoms with Gasteiger partial charge in [-0.05, 0) is 17.9 Å². The Kier molecular flexibility index (Phi) is 3.97. The summed E-state index contributed by atoms with van der Waals surface area (Å²) in [5.41, 5.74) is -0.390. The number of non-ortho nitro benzene ring substituents is 1. The Labute approximate surface area is 117 Å². The molecule has 1 aromatic heterocycles. The first-order valence-electron chi connectivity index (χ1n) is 6.13. The molecule has 8 heteroatoms. The van der Waals surface area contributed by atoms with Crippen molar-refractivity contribution in [1.82, 2.24) is 10.2 Å². The van der Waals surface area contributed by atoms with Crippen molar-refractivity contribution in [2.75, 3.05) is 0 Å². The Hall–Kier alpha value is -2.38. The Morgan fingerprint density at radius 1 is 1.43 bits per heavy atom. The highest BCUT2D eigenvalue weighted by Crippen LogP contribution is 2.33. The smallest absolute Gasteiger partial charge is 0.285 e. The summed E-state index contributed by atoms with van der Waals surface area (Å²) < 4.78 is 38.3. The van der Waals surface area contributed by atoms with Crippen LogP contribution in [-0.2, 0) is 12.6 Å². The maximum atomic E-state index is 12.8. The van der Waals surface area contributed by atoms with Crippen LogP contribution in [0.3, 0.4) is 0 Å². The molecule has 0 saturated heterocycles. The summed E-state index contributed by atoms with van der Waals surface area (Å²) in [7, 11) is 0. The van der Waals surface area contributed by atoms with Crippen molar-refractivity contribution in [2.45, 2.75) is 25.4 Å². The minimum Gasteiger partial charge on any atom is -0.285 e. The fraction of sp³-hybridized carbons (Fsp3) is 0.308. The molecule has 1 N–H and O–H groups in total. The van der Waals surface area contributed by atoms with Gasteiger partial charge in [0.1, 0.15) is 0 Å². The molecule has 0 saturated carbocycles. The van der Waals surface area contributed by atoms with Crippen molar-refractivity contribution in [2.24, 2.45) is 0 Å². The summed E-state index contributed by atoms with van der Waals surface area (Å²) >= 11 is 0. The first-order valence-corrected chi connectivity index (χ1v) is 6.13. The average molecular weight is 299 g/mol. The van der Waals surface area contributed by atoms with Gasteiger partial charge < -0.3 is 0 Å². The Morgan fingerprint density at radius 3 is 2.76 bits per heavy atom. The summed E-state index contributed by atoms with van der Waals surface area (Å²) in [6, 6.07) is 5.87. The van der Waals surface area contributed by atoms with E-state index in [2.05, 4.69) is 10.2 Å². The molecule has 1 heterocycles. The van der Waals surface area contributed by atoms with Crippen molar-refractivity contribution in [3.63, 3.8) is 0 Å². The molecule has 0 fully saturated rings. The van der Waals surface area contributed by atoms with Gasteiger partial charge in [0.15, 0.2) is 0 Å². The average Bonchev–Trinajstić information content (AvgIpc) is 2.87. The second kappa shape index (κ2) is 5.55. The molecule has 0 radical (unpaired) electrons. The lowest BCUT2D eigenvalue weighted by atomic mass is 9.94. The predicted octanol–water partition coefficient (Wildman–Crippen LogP) is 3.68. The molecule has 21 heavy (non-hydrogen) atoms. The molecule has 0 aliphatic rings. The third kappa shape index (κ3) is 3.39. The topological polar surface area (TPSA) is 71.8 Å². The number of aromatic amines is 1. The number of rotatable bonds is 4. The van der Waals surface area contributed by atoms with Gasteiger partial charge in [0.25, 0.3) is 5.69 Å². The Morgan fingerprint density at radius 2 is 2.14 bits per heavy atom. The molecule has 2 aromatic rings. The van der Waals surface area contributed by atoms with Crippen LogP contribution in [0.15, 0.2) is 30.5 Å². The maximum absolute atomic E-state index is 12.8. The van der Waals surface area contributed by atoms with Crippen LogP contribution in [0.2, 0.25) is 0 Å². The number of nitrogens with zero attached hydrogens (tertiary/aromatic N) is 2. The summed E-state index contributed by atoms with van der Waals surface area (Å²) in [4.78, 5) is 10.2. The predicted molar refractivity (Wildman–Crippen MR) is 68.8 cm³/mol. The van der Waals surface area contributed by atoms with Crippen LogP contribution in [0.25, 0.3) is 0 Å². The molecular weight excluding hydrogens is 287 g/mol. The van der Waals surface area contributed by atoms with Gasteiger partial charge in [-0.1, -0.05) is 19.1 Å². The zero-order chi connectivity index (χ0) is 15.6. The van der Waals surface area contributed by atoms with Gasteiger partial charge in [0.2, 0.25) is 0 Å². The molecule has 0 unspecified atom stereocenters. The third-order valence-corrected chi connectivity index (χ3v) is 3.17. The maximum Gasteiger partial charge on any atom is 0.419 e. The lowest BCUT2D eigenvalue weighted by molar-refractivity contribution is -0.384. The van der Waals surface area contributed by atoms with Crippen LogP contribution in [0, 0.1) is 10.1 Å². The molecule has 0 amide bonds. The Balaban J connectivity index is 2.23. The van der Waals surface area contributed by atoms with Gasteiger partial charge in [0, 0.05) is 18.3 Å². The van der Waals surface area contributed by atoms with Crippen LogP contribution in [0.1, 0.15) is 29.7 Å². The number of hydrogen-bond acceptors (Lipinski definition) is 3. The van der Waals surface area contributed by atoms with Crippen LogP contribution in [0.4, 0.5) is 18.9 Å². The van der Waals surface area contributed by atoms with Crippen molar-refractivity contribution >= 4 is 5.69 Å². The van der Waals surface area contributed by atoms with Gasteiger partial charge in [0.05, 0.1) is 16.2 Å². The fourth-order valence-electron chi connectivity index (χ4n) is 2.07. The van der Waals surface area contributed by atoms with Gasteiger partial charge in [-0.15, -0.1) is 0 Å². The van der Waals surface area contributed by atoms with E-state index in [1.54, 1.807) is 13.0 Å². The van der Waals surface area contributed by atoms with Crippen LogP contribution in [-0.4, -0.2) is 15.1 Å². The molecule has 0 aliphatic heterocycles. The molecule has 2 rings (SSSR count). The number of hydrogen-bond donors (Lipinski definition) is 1. The normalized spacial score (nSPS) is 13.1. The SMILES string of the molecule is C[C@H](Cc1n[nH]cc1C(F)(F)F)c1cccc([N+](=O)[O-])c1. The molecule has 1 atom stereocenters. The van der Waals surface area contributed by atoms with Crippen LogP contribution in [0.5, 0.6) is 0 Å². The number of halogens is 3. The van der Waals surface area contributed by atoms with Gasteiger partial charge >= 0.3 is 6.18 Å². The van der Waals surface area contributed by atoms with Crippen molar-refractivity contribution in [3.8, 4) is 0 Å². The zero-order valence-corrected chi connectivity index (χ0v) is 11.0. The molecule has 5 nitrogen and oxygen atoms in total. The number of nitro groups is 1. The Bertz CT molecular complexity index is 652.